The molecule has 1 heterocycles. The minimum absolute atomic E-state index is 0.420. The summed E-state index contributed by atoms with van der Waals surface area (Å²) >= 11 is 1.36. The Morgan fingerprint density at radius 2 is 2.00 bits per heavy atom. The van der Waals surface area contributed by atoms with Crippen molar-refractivity contribution in [2.45, 2.75) is 19.0 Å². The molecule has 0 spiro atoms. The van der Waals surface area contributed by atoms with Crippen LogP contribution in [0.4, 0.5) is 0 Å². The first-order valence-electron chi connectivity index (χ1n) is 3.61. The highest BCUT2D eigenvalue weighted by atomic mass is 32.2. The first-order chi connectivity index (χ1) is 5.72. The molecule has 0 atom stereocenters. The van der Waals surface area contributed by atoms with Gasteiger partial charge in [-0.2, -0.15) is 0 Å². The third-order valence-corrected chi connectivity index (χ3v) is 1.99. The number of aryl methyl sites for hydroxylation is 2. The molecular formula is C8H10N2OS. The van der Waals surface area contributed by atoms with E-state index in [1.54, 1.807) is 0 Å². The molecule has 12 heavy (non-hydrogen) atoms. The Hall–Kier alpha value is -0.900. The van der Waals surface area contributed by atoms with E-state index in [1.807, 2.05) is 19.9 Å². The highest BCUT2D eigenvalue weighted by molar-refractivity contribution is 7.99. The zero-order chi connectivity index (χ0) is 8.97. The van der Waals surface area contributed by atoms with Gasteiger partial charge in [0, 0.05) is 11.4 Å². The first-order valence-corrected chi connectivity index (χ1v) is 4.59. The van der Waals surface area contributed by atoms with Crippen LogP contribution in [0, 0.1) is 13.8 Å². The molecule has 4 heteroatoms. The van der Waals surface area contributed by atoms with Gasteiger partial charge >= 0.3 is 0 Å². The van der Waals surface area contributed by atoms with Gasteiger partial charge in [0.05, 0.1) is 5.75 Å². The number of carbonyl (C=O) groups excluding carboxylic acids is 1. The molecule has 1 rings (SSSR count). The van der Waals surface area contributed by atoms with E-state index in [0.717, 1.165) is 17.7 Å². The van der Waals surface area contributed by atoms with E-state index >= 15 is 0 Å². The lowest BCUT2D eigenvalue weighted by atomic mass is 10.4. The van der Waals surface area contributed by atoms with Crippen molar-refractivity contribution in [1.29, 1.82) is 0 Å². The van der Waals surface area contributed by atoms with Gasteiger partial charge in [-0.3, -0.25) is 0 Å². The van der Waals surface area contributed by atoms with Gasteiger partial charge in [0.2, 0.25) is 0 Å². The highest BCUT2D eigenvalue weighted by Crippen LogP contribution is 2.12. The van der Waals surface area contributed by atoms with Crippen molar-refractivity contribution >= 4 is 18.0 Å². The van der Waals surface area contributed by atoms with Crippen LogP contribution < -0.4 is 0 Å². The second-order valence-corrected chi connectivity index (χ2v) is 3.40. The Morgan fingerprint density at radius 3 is 2.50 bits per heavy atom. The summed E-state index contributed by atoms with van der Waals surface area (Å²) in [6.07, 6.45) is 0.853. The second-order valence-electron chi connectivity index (χ2n) is 2.41. The Bertz CT molecular complexity index is 268. The third-order valence-electron chi connectivity index (χ3n) is 1.24. The van der Waals surface area contributed by atoms with E-state index in [0.29, 0.717) is 10.9 Å². The summed E-state index contributed by atoms with van der Waals surface area (Å²) < 4.78 is 0. The maximum Gasteiger partial charge on any atom is 0.188 e. The molecule has 1 aromatic heterocycles. The van der Waals surface area contributed by atoms with Gasteiger partial charge in [-0.25, -0.2) is 9.97 Å². The Balaban J connectivity index is 2.78. The van der Waals surface area contributed by atoms with Crippen molar-refractivity contribution in [3.05, 3.63) is 17.5 Å². The summed E-state index contributed by atoms with van der Waals surface area (Å²) in [5, 5.41) is 0.680. The van der Waals surface area contributed by atoms with Crippen molar-refractivity contribution in [2.75, 3.05) is 5.75 Å². The van der Waals surface area contributed by atoms with E-state index in [4.69, 9.17) is 0 Å². The first kappa shape index (κ1) is 9.19. The predicted octanol–water partition coefficient (Wildman–Crippen LogP) is 1.38. The van der Waals surface area contributed by atoms with Crippen LogP contribution >= 0.6 is 11.8 Å². The Morgan fingerprint density at radius 1 is 1.42 bits per heavy atom. The quantitative estimate of drug-likeness (QED) is 0.402. The van der Waals surface area contributed by atoms with Gasteiger partial charge in [-0.1, -0.05) is 11.8 Å². The lowest BCUT2D eigenvalue weighted by Crippen LogP contribution is -1.93. The summed E-state index contributed by atoms with van der Waals surface area (Å²) in [5.74, 6) is 0.420. The Kier molecular flexibility index (Phi) is 3.22. The molecule has 1 aromatic rings. The smallest absolute Gasteiger partial charge is 0.188 e. The molecule has 0 radical (unpaired) electrons. The van der Waals surface area contributed by atoms with E-state index in [-0.39, 0.29) is 0 Å². The number of hydrogen-bond acceptors (Lipinski definition) is 4. The molecule has 0 saturated heterocycles. The van der Waals surface area contributed by atoms with E-state index < -0.39 is 0 Å². The van der Waals surface area contributed by atoms with Crippen molar-refractivity contribution < 1.29 is 4.79 Å². The summed E-state index contributed by atoms with van der Waals surface area (Å²) in [4.78, 5) is 18.4. The SMILES string of the molecule is Cc1cc(C)nc(SCC=O)n1. The minimum atomic E-state index is 0.420. The number of carbonyl (C=O) groups is 1. The van der Waals surface area contributed by atoms with Gasteiger partial charge in [-0.15, -0.1) is 0 Å². The topological polar surface area (TPSA) is 42.9 Å². The molecule has 0 fully saturated rings. The van der Waals surface area contributed by atoms with Crippen LogP contribution in [0.1, 0.15) is 11.4 Å². The average Bonchev–Trinajstić information content (AvgIpc) is 1.99. The molecule has 64 valence electrons. The van der Waals surface area contributed by atoms with Gasteiger partial charge in [-0.05, 0) is 19.9 Å². The minimum Gasteiger partial charge on any atom is -0.302 e. The zero-order valence-corrected chi connectivity index (χ0v) is 7.89. The molecule has 0 amide bonds. The van der Waals surface area contributed by atoms with Crippen LogP contribution in [-0.2, 0) is 4.79 Å². The summed E-state index contributed by atoms with van der Waals surface area (Å²) in [6, 6.07) is 1.91. The van der Waals surface area contributed by atoms with Crippen molar-refractivity contribution in [1.82, 2.24) is 9.97 Å². The second kappa shape index (κ2) is 4.21. The van der Waals surface area contributed by atoms with Gasteiger partial charge in [0.15, 0.2) is 5.16 Å². The Labute approximate surface area is 75.6 Å². The highest BCUT2D eigenvalue weighted by Gasteiger charge is 1.98. The maximum absolute atomic E-state index is 10.1. The van der Waals surface area contributed by atoms with Crippen LogP contribution in [0.25, 0.3) is 0 Å². The zero-order valence-electron chi connectivity index (χ0n) is 7.07. The van der Waals surface area contributed by atoms with Gasteiger partial charge in [0.1, 0.15) is 6.29 Å². The number of thioether (sulfide) groups is 1. The normalized spacial score (nSPS) is 9.83. The van der Waals surface area contributed by atoms with E-state index in [2.05, 4.69) is 9.97 Å². The fraction of sp³-hybridized carbons (Fsp3) is 0.375. The standard InChI is InChI=1S/C8H10N2OS/c1-6-5-7(2)10-8(9-6)12-4-3-11/h3,5H,4H2,1-2H3. The van der Waals surface area contributed by atoms with Crippen LogP contribution in [0.2, 0.25) is 0 Å². The molecular weight excluding hydrogens is 172 g/mol. The molecule has 0 saturated carbocycles. The largest absolute Gasteiger partial charge is 0.302 e. The molecule has 3 nitrogen and oxygen atoms in total. The van der Waals surface area contributed by atoms with Crippen LogP contribution in [0.3, 0.4) is 0 Å². The fourth-order valence-electron chi connectivity index (χ4n) is 0.867. The van der Waals surface area contributed by atoms with Gasteiger partial charge < -0.3 is 4.79 Å². The maximum atomic E-state index is 10.1. The number of hydrogen-bond donors (Lipinski definition) is 0. The number of aromatic nitrogens is 2. The van der Waals surface area contributed by atoms with Crippen molar-refractivity contribution in [2.24, 2.45) is 0 Å². The third kappa shape index (κ3) is 2.62. The van der Waals surface area contributed by atoms with Crippen LogP contribution in [0.5, 0.6) is 0 Å². The molecule has 0 aliphatic carbocycles. The predicted molar refractivity (Wildman–Crippen MR) is 48.3 cm³/mol. The molecule has 0 aromatic carbocycles. The molecule has 0 unspecified atom stereocenters. The number of rotatable bonds is 3. The van der Waals surface area contributed by atoms with Crippen molar-refractivity contribution in [3.8, 4) is 0 Å². The lowest BCUT2D eigenvalue weighted by Gasteiger charge is -1.99. The van der Waals surface area contributed by atoms with Crippen molar-refractivity contribution in [3.63, 3.8) is 0 Å². The average molecular weight is 182 g/mol. The van der Waals surface area contributed by atoms with Crippen LogP contribution in [-0.4, -0.2) is 22.0 Å². The van der Waals surface area contributed by atoms with E-state index in [1.165, 1.54) is 11.8 Å². The molecule has 0 N–H and O–H groups in total. The van der Waals surface area contributed by atoms with E-state index in [9.17, 15) is 4.79 Å². The molecule has 0 aliphatic heterocycles. The fourth-order valence-corrected chi connectivity index (χ4v) is 1.50. The molecule has 0 aliphatic rings. The number of aldehydes is 1. The van der Waals surface area contributed by atoms with Gasteiger partial charge in [0.25, 0.3) is 0 Å². The summed E-state index contributed by atoms with van der Waals surface area (Å²) in [6.45, 7) is 3.83. The summed E-state index contributed by atoms with van der Waals surface area (Å²) in [7, 11) is 0. The summed E-state index contributed by atoms with van der Waals surface area (Å²) in [5.41, 5.74) is 1.88. The number of nitrogens with zero attached hydrogens (tertiary/aromatic N) is 2. The molecule has 0 bridgehead atoms. The van der Waals surface area contributed by atoms with Crippen LogP contribution in [0.15, 0.2) is 11.2 Å². The monoisotopic (exact) mass is 182 g/mol. The lowest BCUT2D eigenvalue weighted by molar-refractivity contribution is -0.105.